The third-order valence-electron chi connectivity index (χ3n) is 5.67. The first kappa shape index (κ1) is 20.6. The maximum atomic E-state index is 12.5. The summed E-state index contributed by atoms with van der Waals surface area (Å²) >= 11 is 0. The summed E-state index contributed by atoms with van der Waals surface area (Å²) in [5, 5.41) is 4.02. The average Bonchev–Trinajstić information content (AvgIpc) is 3.16. The van der Waals surface area contributed by atoms with Crippen LogP contribution in [-0.4, -0.2) is 32.4 Å². The first-order valence-electron chi connectivity index (χ1n) is 10.5. The highest BCUT2D eigenvalue weighted by atomic mass is 32.2. The highest BCUT2D eigenvalue weighted by Gasteiger charge is 2.17. The molecule has 0 aliphatic heterocycles. The third kappa shape index (κ3) is 4.74. The molecule has 1 amide bonds. The molecule has 3 aromatic rings. The van der Waals surface area contributed by atoms with E-state index in [0.29, 0.717) is 6.54 Å². The molecular formula is C23H27N3O3S. The Morgan fingerprint density at radius 3 is 2.67 bits per heavy atom. The Bertz CT molecular complexity index is 1150. The summed E-state index contributed by atoms with van der Waals surface area (Å²) in [6.45, 7) is 0.594. The van der Waals surface area contributed by atoms with Crippen molar-refractivity contribution in [3.8, 4) is 0 Å². The largest absolute Gasteiger partial charge is 0.361 e. The number of aryl methyl sites for hydroxylation is 2. The van der Waals surface area contributed by atoms with Gasteiger partial charge in [-0.2, -0.15) is 0 Å². The molecule has 4 rings (SSSR count). The number of hydrogen-bond acceptors (Lipinski definition) is 3. The molecule has 0 unspecified atom stereocenters. The molecule has 1 heterocycles. The molecule has 0 spiro atoms. The number of carbonyl (C=O) groups is 1. The van der Waals surface area contributed by atoms with Crippen molar-refractivity contribution in [2.45, 2.75) is 43.4 Å². The summed E-state index contributed by atoms with van der Waals surface area (Å²) in [5.41, 5.74) is 4.60. The van der Waals surface area contributed by atoms with Gasteiger partial charge in [-0.05, 0) is 67.0 Å². The SMILES string of the molecule is O=C(CCNS(=O)(=O)c1ccc2c(c1)CCCC2)NCCc1c[nH]c2ccccc12. The maximum Gasteiger partial charge on any atom is 0.240 e. The fraction of sp³-hybridized carbons (Fsp3) is 0.348. The van der Waals surface area contributed by atoms with Crippen molar-refractivity contribution in [1.29, 1.82) is 0 Å². The van der Waals surface area contributed by atoms with E-state index in [1.807, 2.05) is 30.5 Å². The predicted molar refractivity (Wildman–Crippen MR) is 118 cm³/mol. The molecule has 2 aromatic carbocycles. The smallest absolute Gasteiger partial charge is 0.240 e. The standard InChI is InChI=1S/C23H27N3O3S/c27-23(24-13-11-19-16-25-22-8-4-3-7-21(19)22)12-14-26-30(28,29)20-10-9-17-5-1-2-6-18(17)15-20/h3-4,7-10,15-16,25-26H,1-2,5-6,11-14H2,(H,24,27). The van der Waals surface area contributed by atoms with Crippen molar-refractivity contribution < 1.29 is 13.2 Å². The van der Waals surface area contributed by atoms with Crippen LogP contribution in [0.2, 0.25) is 0 Å². The van der Waals surface area contributed by atoms with Gasteiger partial charge in [-0.25, -0.2) is 13.1 Å². The second-order valence-electron chi connectivity index (χ2n) is 7.74. The molecule has 1 aromatic heterocycles. The molecule has 0 saturated carbocycles. The van der Waals surface area contributed by atoms with Crippen LogP contribution in [0.4, 0.5) is 0 Å². The van der Waals surface area contributed by atoms with Gasteiger partial charge in [0, 0.05) is 36.6 Å². The quantitative estimate of drug-likeness (QED) is 0.518. The molecule has 1 aliphatic rings. The van der Waals surface area contributed by atoms with Gasteiger partial charge >= 0.3 is 0 Å². The van der Waals surface area contributed by atoms with E-state index in [9.17, 15) is 13.2 Å². The predicted octanol–water partition coefficient (Wildman–Crippen LogP) is 3.07. The van der Waals surface area contributed by atoms with Gasteiger partial charge in [0.15, 0.2) is 0 Å². The number of aromatic nitrogens is 1. The van der Waals surface area contributed by atoms with Crippen LogP contribution in [0.15, 0.2) is 53.6 Å². The van der Waals surface area contributed by atoms with E-state index in [1.54, 1.807) is 12.1 Å². The zero-order valence-corrected chi connectivity index (χ0v) is 17.7. The minimum Gasteiger partial charge on any atom is -0.361 e. The normalized spacial score (nSPS) is 13.9. The summed E-state index contributed by atoms with van der Waals surface area (Å²) in [6, 6.07) is 13.4. The van der Waals surface area contributed by atoms with Crippen LogP contribution in [0.1, 0.15) is 36.0 Å². The summed E-state index contributed by atoms with van der Waals surface area (Å²) in [7, 11) is -3.60. The fourth-order valence-corrected chi connectivity index (χ4v) is 5.10. The zero-order chi connectivity index (χ0) is 21.0. The number of rotatable bonds is 8. The Kier molecular flexibility index (Phi) is 6.20. The monoisotopic (exact) mass is 425 g/mol. The number of nitrogens with one attached hydrogen (secondary N) is 3. The van der Waals surface area contributed by atoms with Crippen LogP contribution in [0.5, 0.6) is 0 Å². The molecule has 0 fully saturated rings. The van der Waals surface area contributed by atoms with E-state index in [0.717, 1.165) is 54.1 Å². The molecular weight excluding hydrogens is 398 g/mol. The number of carbonyl (C=O) groups excluding carboxylic acids is 1. The molecule has 158 valence electrons. The number of amides is 1. The number of benzene rings is 2. The van der Waals surface area contributed by atoms with Gasteiger partial charge in [0.1, 0.15) is 0 Å². The molecule has 7 heteroatoms. The summed E-state index contributed by atoms with van der Waals surface area (Å²) < 4.78 is 27.6. The number of fused-ring (bicyclic) bond motifs is 2. The minimum atomic E-state index is -3.60. The van der Waals surface area contributed by atoms with Crippen LogP contribution < -0.4 is 10.0 Å². The lowest BCUT2D eigenvalue weighted by Crippen LogP contribution is -2.31. The van der Waals surface area contributed by atoms with E-state index < -0.39 is 10.0 Å². The maximum absolute atomic E-state index is 12.5. The van der Waals surface area contributed by atoms with Crippen molar-refractivity contribution in [2.24, 2.45) is 0 Å². The topological polar surface area (TPSA) is 91.1 Å². The first-order valence-corrected chi connectivity index (χ1v) is 11.9. The summed E-state index contributed by atoms with van der Waals surface area (Å²) in [5.74, 6) is -0.164. The second-order valence-corrected chi connectivity index (χ2v) is 9.51. The third-order valence-corrected chi connectivity index (χ3v) is 7.12. The van der Waals surface area contributed by atoms with E-state index in [1.165, 1.54) is 5.56 Å². The van der Waals surface area contributed by atoms with Crippen molar-refractivity contribution in [1.82, 2.24) is 15.0 Å². The minimum absolute atomic E-state index is 0.0817. The molecule has 6 nitrogen and oxygen atoms in total. The Balaban J connectivity index is 1.24. The van der Waals surface area contributed by atoms with Crippen molar-refractivity contribution in [3.05, 3.63) is 65.4 Å². The summed E-state index contributed by atoms with van der Waals surface area (Å²) in [6.07, 6.45) is 6.99. The Hall–Kier alpha value is -2.64. The lowest BCUT2D eigenvalue weighted by Gasteiger charge is -2.16. The van der Waals surface area contributed by atoms with Crippen molar-refractivity contribution in [2.75, 3.05) is 13.1 Å². The van der Waals surface area contributed by atoms with Crippen LogP contribution in [0, 0.1) is 0 Å². The van der Waals surface area contributed by atoms with Crippen LogP contribution in [0.3, 0.4) is 0 Å². The zero-order valence-electron chi connectivity index (χ0n) is 16.9. The Morgan fingerprint density at radius 1 is 1.00 bits per heavy atom. The molecule has 0 saturated heterocycles. The second kappa shape index (κ2) is 9.02. The van der Waals surface area contributed by atoms with E-state index in [-0.39, 0.29) is 23.8 Å². The van der Waals surface area contributed by atoms with E-state index in [4.69, 9.17) is 0 Å². The van der Waals surface area contributed by atoms with E-state index >= 15 is 0 Å². The molecule has 30 heavy (non-hydrogen) atoms. The molecule has 0 bridgehead atoms. The number of sulfonamides is 1. The van der Waals surface area contributed by atoms with Gasteiger partial charge in [-0.1, -0.05) is 24.3 Å². The molecule has 1 aliphatic carbocycles. The fourth-order valence-electron chi connectivity index (χ4n) is 4.02. The van der Waals surface area contributed by atoms with Crippen LogP contribution >= 0.6 is 0 Å². The number of hydrogen-bond donors (Lipinski definition) is 3. The van der Waals surface area contributed by atoms with Gasteiger partial charge in [0.05, 0.1) is 4.90 Å². The van der Waals surface area contributed by atoms with Gasteiger partial charge in [-0.15, -0.1) is 0 Å². The molecule has 0 radical (unpaired) electrons. The Morgan fingerprint density at radius 2 is 1.80 bits per heavy atom. The molecule has 0 atom stereocenters. The lowest BCUT2D eigenvalue weighted by molar-refractivity contribution is -0.120. The van der Waals surface area contributed by atoms with Crippen LogP contribution in [0.25, 0.3) is 10.9 Å². The van der Waals surface area contributed by atoms with Crippen molar-refractivity contribution >= 4 is 26.8 Å². The van der Waals surface area contributed by atoms with Gasteiger partial charge in [-0.3, -0.25) is 4.79 Å². The average molecular weight is 426 g/mol. The van der Waals surface area contributed by atoms with Crippen LogP contribution in [-0.2, 0) is 34.1 Å². The number of para-hydroxylation sites is 1. The lowest BCUT2D eigenvalue weighted by atomic mass is 9.92. The van der Waals surface area contributed by atoms with Gasteiger partial charge in [0.25, 0.3) is 0 Å². The number of H-pyrrole nitrogens is 1. The van der Waals surface area contributed by atoms with Crippen molar-refractivity contribution in [3.63, 3.8) is 0 Å². The highest BCUT2D eigenvalue weighted by Crippen LogP contribution is 2.24. The van der Waals surface area contributed by atoms with Gasteiger partial charge in [0.2, 0.25) is 15.9 Å². The summed E-state index contributed by atoms with van der Waals surface area (Å²) in [4.78, 5) is 15.6. The molecule has 3 N–H and O–H groups in total. The number of aromatic amines is 1. The highest BCUT2D eigenvalue weighted by molar-refractivity contribution is 7.89. The Labute approximate surface area is 177 Å². The first-order chi connectivity index (χ1) is 14.5. The van der Waals surface area contributed by atoms with Gasteiger partial charge < -0.3 is 10.3 Å². The van der Waals surface area contributed by atoms with E-state index in [2.05, 4.69) is 21.1 Å².